The summed E-state index contributed by atoms with van der Waals surface area (Å²) >= 11 is 0. The lowest BCUT2D eigenvalue weighted by atomic mass is 10.2. The molecule has 0 bridgehead atoms. The van der Waals surface area contributed by atoms with Gasteiger partial charge in [0.25, 0.3) is 0 Å². The van der Waals surface area contributed by atoms with E-state index in [1.807, 2.05) is 0 Å². The third kappa shape index (κ3) is 9.49. The number of nitrogens with one attached hydrogen (secondary N) is 1. The van der Waals surface area contributed by atoms with E-state index in [0.29, 0.717) is 0 Å². The lowest BCUT2D eigenvalue weighted by Gasteiger charge is -1.99. The molecule has 0 radical (unpaired) electrons. The Morgan fingerprint density at radius 2 is 2.00 bits per heavy atom. The normalized spacial score (nSPS) is 21.9. The molecule has 0 saturated carbocycles. The fourth-order valence-electron chi connectivity index (χ4n) is 0.895. The van der Waals surface area contributed by atoms with Crippen LogP contribution in [0.2, 0.25) is 0 Å². The van der Waals surface area contributed by atoms with Crippen LogP contribution >= 0.6 is 7.60 Å². The second-order valence-electron chi connectivity index (χ2n) is 2.82. The van der Waals surface area contributed by atoms with Gasteiger partial charge in [-0.3, -0.25) is 9.36 Å². The molecule has 1 atom stereocenters. The number of rotatable bonds is 1. The van der Waals surface area contributed by atoms with Gasteiger partial charge in [-0.1, -0.05) is 0 Å². The van der Waals surface area contributed by atoms with Gasteiger partial charge < -0.3 is 20.2 Å². The number of aliphatic carboxylic acids is 1. The number of hydrogen-bond acceptors (Lipinski definition) is 3. The zero-order valence-corrected chi connectivity index (χ0v) is 8.20. The molecule has 1 aliphatic rings. The van der Waals surface area contributed by atoms with Gasteiger partial charge in [0.2, 0.25) is 0 Å². The summed E-state index contributed by atoms with van der Waals surface area (Å²) in [6.45, 7) is 1.71. The minimum Gasteiger partial charge on any atom is -0.480 e. The Labute approximate surface area is 76.1 Å². The highest BCUT2D eigenvalue weighted by molar-refractivity contribution is 7.50. The van der Waals surface area contributed by atoms with Crippen molar-refractivity contribution in [2.45, 2.75) is 18.9 Å². The lowest BCUT2D eigenvalue weighted by Crippen LogP contribution is -2.29. The molecule has 6 nitrogen and oxygen atoms in total. The van der Waals surface area contributed by atoms with Crippen LogP contribution in [0.5, 0.6) is 0 Å². The predicted octanol–water partition coefficient (Wildman–Crippen LogP) is -0.383. The maximum atomic E-state index is 10.1. The number of carbonyl (C=O) groups is 1. The molecule has 0 aromatic heterocycles. The van der Waals surface area contributed by atoms with Crippen LogP contribution in [-0.4, -0.2) is 40.1 Å². The molecule has 1 rings (SSSR count). The summed E-state index contributed by atoms with van der Waals surface area (Å²) < 4.78 is 9.33. The number of carboxylic acids is 1. The van der Waals surface area contributed by atoms with Gasteiger partial charge in [-0.2, -0.15) is 0 Å². The average Bonchev–Trinajstić information content (AvgIpc) is 2.31. The first-order valence-corrected chi connectivity index (χ1v) is 5.86. The lowest BCUT2D eigenvalue weighted by molar-refractivity contribution is -0.139. The molecule has 0 aromatic rings. The summed E-state index contributed by atoms with van der Waals surface area (Å²) in [5.74, 6) is -0.720. The van der Waals surface area contributed by atoms with Gasteiger partial charge in [0, 0.05) is 6.66 Å². The molecule has 1 aliphatic heterocycles. The number of hydrogen-bond donors (Lipinski definition) is 4. The number of carboxylic acid groups (broad SMARTS) is 1. The van der Waals surface area contributed by atoms with E-state index in [2.05, 4.69) is 5.32 Å². The highest BCUT2D eigenvalue weighted by Gasteiger charge is 2.20. The van der Waals surface area contributed by atoms with Crippen molar-refractivity contribution in [3.63, 3.8) is 0 Å². The summed E-state index contributed by atoms with van der Waals surface area (Å²) in [5.41, 5.74) is 0. The van der Waals surface area contributed by atoms with Gasteiger partial charge in [-0.05, 0) is 19.4 Å². The van der Waals surface area contributed by atoms with Crippen molar-refractivity contribution in [3.8, 4) is 0 Å². The molecule has 7 heteroatoms. The molecule has 1 unspecified atom stereocenters. The Bertz CT molecular complexity index is 199. The Balaban J connectivity index is 0.000000252. The molecule has 13 heavy (non-hydrogen) atoms. The van der Waals surface area contributed by atoms with E-state index in [1.54, 1.807) is 0 Å². The van der Waals surface area contributed by atoms with Crippen LogP contribution in [0.1, 0.15) is 12.8 Å². The topological polar surface area (TPSA) is 107 Å². The molecular weight excluding hydrogens is 197 g/mol. The molecule has 1 fully saturated rings. The van der Waals surface area contributed by atoms with E-state index in [4.69, 9.17) is 14.9 Å². The largest absolute Gasteiger partial charge is 0.480 e. The Morgan fingerprint density at radius 3 is 2.15 bits per heavy atom. The van der Waals surface area contributed by atoms with Gasteiger partial charge in [-0.15, -0.1) is 0 Å². The van der Waals surface area contributed by atoms with Crippen LogP contribution in [0.3, 0.4) is 0 Å². The van der Waals surface area contributed by atoms with Gasteiger partial charge in [0.05, 0.1) is 0 Å². The van der Waals surface area contributed by atoms with Crippen molar-refractivity contribution in [3.05, 3.63) is 0 Å². The molecule has 4 N–H and O–H groups in total. The average molecular weight is 211 g/mol. The molecule has 0 amide bonds. The van der Waals surface area contributed by atoms with Crippen LogP contribution in [0.25, 0.3) is 0 Å². The molecule has 0 aromatic carbocycles. The second kappa shape index (κ2) is 5.34. The van der Waals surface area contributed by atoms with Crippen LogP contribution in [0.4, 0.5) is 0 Å². The minimum absolute atomic E-state index is 0.269. The van der Waals surface area contributed by atoms with Gasteiger partial charge in [-0.25, -0.2) is 0 Å². The van der Waals surface area contributed by atoms with Crippen LogP contribution in [0.15, 0.2) is 0 Å². The molecule has 1 saturated heterocycles. The van der Waals surface area contributed by atoms with Crippen molar-refractivity contribution in [1.82, 2.24) is 5.32 Å². The van der Waals surface area contributed by atoms with Crippen LogP contribution < -0.4 is 5.32 Å². The van der Waals surface area contributed by atoms with E-state index >= 15 is 0 Å². The molecular formula is C6H14NO5P. The Kier molecular flexibility index (Phi) is 5.17. The first kappa shape index (κ1) is 12.6. The van der Waals surface area contributed by atoms with E-state index in [0.717, 1.165) is 26.1 Å². The fourth-order valence-corrected chi connectivity index (χ4v) is 0.895. The highest BCUT2D eigenvalue weighted by Crippen LogP contribution is 2.26. The zero-order valence-electron chi connectivity index (χ0n) is 7.30. The van der Waals surface area contributed by atoms with Crippen LogP contribution in [0, 0.1) is 0 Å². The summed E-state index contributed by atoms with van der Waals surface area (Å²) in [5, 5.41) is 11.2. The van der Waals surface area contributed by atoms with E-state index in [1.165, 1.54) is 0 Å². The van der Waals surface area contributed by atoms with E-state index in [-0.39, 0.29) is 6.04 Å². The molecule has 78 valence electrons. The standard InChI is InChI=1S/C5H9NO2.CH5O3P/c7-5(8)4-2-1-3-6-4;1-5(2,3)4/h4,6H,1-3H2,(H,7,8);1H3,(H2,2,3,4). The zero-order chi connectivity index (χ0) is 10.5. The third-order valence-corrected chi connectivity index (χ3v) is 1.36. The second-order valence-corrected chi connectivity index (χ2v) is 4.49. The summed E-state index contributed by atoms with van der Waals surface area (Å²) in [7, 11) is -3.64. The summed E-state index contributed by atoms with van der Waals surface area (Å²) in [6, 6.07) is -0.269. The van der Waals surface area contributed by atoms with Gasteiger partial charge in [0.1, 0.15) is 6.04 Å². The first-order chi connectivity index (χ1) is 5.80. The smallest absolute Gasteiger partial charge is 0.322 e. The molecule has 0 spiro atoms. The predicted molar refractivity (Wildman–Crippen MR) is 46.6 cm³/mol. The van der Waals surface area contributed by atoms with Crippen LogP contribution in [-0.2, 0) is 9.36 Å². The highest BCUT2D eigenvalue weighted by atomic mass is 31.2. The van der Waals surface area contributed by atoms with Crippen molar-refractivity contribution >= 4 is 13.6 Å². The Morgan fingerprint density at radius 1 is 1.54 bits per heavy atom. The first-order valence-electron chi connectivity index (χ1n) is 3.80. The van der Waals surface area contributed by atoms with E-state index < -0.39 is 13.6 Å². The summed E-state index contributed by atoms with van der Waals surface area (Å²) in [6.07, 6.45) is 1.78. The maximum absolute atomic E-state index is 10.1. The van der Waals surface area contributed by atoms with Crippen molar-refractivity contribution < 1.29 is 24.3 Å². The quantitative estimate of drug-likeness (QED) is 0.440. The van der Waals surface area contributed by atoms with Gasteiger partial charge in [0.15, 0.2) is 0 Å². The third-order valence-electron chi connectivity index (χ3n) is 1.36. The minimum atomic E-state index is -3.64. The monoisotopic (exact) mass is 211 g/mol. The van der Waals surface area contributed by atoms with Crippen molar-refractivity contribution in [2.24, 2.45) is 0 Å². The van der Waals surface area contributed by atoms with Crippen molar-refractivity contribution in [2.75, 3.05) is 13.2 Å². The molecule has 0 aliphatic carbocycles. The van der Waals surface area contributed by atoms with E-state index in [9.17, 15) is 9.36 Å². The Hall–Kier alpha value is -0.420. The SMILES string of the molecule is CP(=O)(O)O.O=C(O)C1CCCN1. The molecule has 1 heterocycles. The summed E-state index contributed by atoms with van der Waals surface area (Å²) in [4.78, 5) is 25.4. The fraction of sp³-hybridized carbons (Fsp3) is 0.833. The van der Waals surface area contributed by atoms with Gasteiger partial charge >= 0.3 is 13.6 Å². The maximum Gasteiger partial charge on any atom is 0.322 e. The van der Waals surface area contributed by atoms with Crippen molar-refractivity contribution in [1.29, 1.82) is 0 Å².